The van der Waals surface area contributed by atoms with Crippen molar-refractivity contribution in [3.63, 3.8) is 0 Å². The molecular formula is C11H13NO5. The van der Waals surface area contributed by atoms with Gasteiger partial charge < -0.3 is 14.4 Å². The van der Waals surface area contributed by atoms with Crippen LogP contribution in [0.25, 0.3) is 0 Å². The molecule has 2 aliphatic heterocycles. The third kappa shape index (κ3) is 2.30. The van der Waals surface area contributed by atoms with Crippen LogP contribution in [-0.4, -0.2) is 36.0 Å². The smallest absolute Gasteiger partial charge is 0.414 e. The molecule has 2 aliphatic rings. The summed E-state index contributed by atoms with van der Waals surface area (Å²) in [6, 6.07) is 0. The minimum absolute atomic E-state index is 0.231. The summed E-state index contributed by atoms with van der Waals surface area (Å²) in [5.41, 5.74) is 0. The van der Waals surface area contributed by atoms with Crippen LogP contribution in [0.5, 0.6) is 0 Å². The van der Waals surface area contributed by atoms with Gasteiger partial charge in [-0.25, -0.2) is 4.79 Å². The number of carbonyl (C=O) groups is 3. The molecule has 0 aromatic rings. The first-order valence-corrected chi connectivity index (χ1v) is 5.35. The van der Waals surface area contributed by atoms with Crippen LogP contribution < -0.4 is 0 Å². The van der Waals surface area contributed by atoms with Gasteiger partial charge >= 0.3 is 18.0 Å². The van der Waals surface area contributed by atoms with Gasteiger partial charge in [0.25, 0.3) is 0 Å². The van der Waals surface area contributed by atoms with Gasteiger partial charge in [0.2, 0.25) is 0 Å². The molecule has 0 radical (unpaired) electrons. The molecule has 0 aromatic carbocycles. The molecule has 6 heteroatoms. The highest BCUT2D eigenvalue weighted by Gasteiger charge is 2.44. The van der Waals surface area contributed by atoms with Crippen molar-refractivity contribution in [2.75, 3.05) is 13.1 Å². The number of hydrogen-bond donors (Lipinski definition) is 0. The van der Waals surface area contributed by atoms with Gasteiger partial charge in [-0.05, 0) is 13.3 Å². The Morgan fingerprint density at radius 3 is 2.35 bits per heavy atom. The molecule has 6 nitrogen and oxygen atoms in total. The van der Waals surface area contributed by atoms with E-state index < -0.39 is 29.9 Å². The van der Waals surface area contributed by atoms with Gasteiger partial charge in [-0.2, -0.15) is 0 Å². The van der Waals surface area contributed by atoms with E-state index in [-0.39, 0.29) is 18.8 Å². The molecular weight excluding hydrogens is 226 g/mol. The lowest BCUT2D eigenvalue weighted by atomic mass is 9.87. The average Bonchev–Trinajstić information content (AvgIpc) is 2.25. The number of nitrogens with zero attached hydrogens (tertiary/aromatic N) is 1. The van der Waals surface area contributed by atoms with Crippen LogP contribution >= 0.6 is 0 Å². The van der Waals surface area contributed by atoms with Gasteiger partial charge in [-0.1, -0.05) is 6.58 Å². The first-order valence-electron chi connectivity index (χ1n) is 5.35. The topological polar surface area (TPSA) is 72.9 Å². The highest BCUT2D eigenvalue weighted by Crippen LogP contribution is 2.29. The summed E-state index contributed by atoms with van der Waals surface area (Å²) < 4.78 is 9.44. The minimum Gasteiger partial charge on any atom is -0.416 e. The summed E-state index contributed by atoms with van der Waals surface area (Å²) in [7, 11) is 0. The molecule has 0 saturated carbocycles. The zero-order valence-electron chi connectivity index (χ0n) is 9.47. The Morgan fingerprint density at radius 1 is 1.35 bits per heavy atom. The number of likely N-dealkylation sites (tertiary alicyclic amines) is 1. The number of esters is 2. The number of cyclic esters (lactones) is 2. The van der Waals surface area contributed by atoms with Gasteiger partial charge in [0.1, 0.15) is 0 Å². The molecule has 2 rings (SSSR count). The summed E-state index contributed by atoms with van der Waals surface area (Å²) >= 11 is 0. The highest BCUT2D eigenvalue weighted by molar-refractivity contribution is 5.92. The van der Waals surface area contributed by atoms with Crippen molar-refractivity contribution < 1.29 is 23.9 Å². The summed E-state index contributed by atoms with van der Waals surface area (Å²) in [5.74, 6) is -1.69. The van der Waals surface area contributed by atoms with Gasteiger partial charge in [0.15, 0.2) is 0 Å². The zero-order chi connectivity index (χ0) is 12.6. The van der Waals surface area contributed by atoms with E-state index in [0.717, 1.165) is 0 Å². The van der Waals surface area contributed by atoms with Crippen molar-refractivity contribution >= 4 is 18.0 Å². The van der Waals surface area contributed by atoms with Crippen LogP contribution in [0.1, 0.15) is 13.3 Å². The molecule has 0 spiro atoms. The van der Waals surface area contributed by atoms with Crippen molar-refractivity contribution in [1.82, 2.24) is 4.90 Å². The number of fused-ring (bicyclic) bond motifs is 2. The number of hydrogen-bond acceptors (Lipinski definition) is 5. The quantitative estimate of drug-likeness (QED) is 0.382. The van der Waals surface area contributed by atoms with Gasteiger partial charge in [-0.3, -0.25) is 9.59 Å². The zero-order valence-corrected chi connectivity index (χ0v) is 9.47. The maximum atomic E-state index is 11.6. The fraction of sp³-hybridized carbons (Fsp3) is 0.545. The predicted molar refractivity (Wildman–Crippen MR) is 55.6 cm³/mol. The van der Waals surface area contributed by atoms with E-state index in [1.54, 1.807) is 6.92 Å². The Kier molecular flexibility index (Phi) is 2.87. The number of rotatable bonds is 1. The fourth-order valence-corrected chi connectivity index (χ4v) is 2.07. The monoisotopic (exact) mass is 239 g/mol. The lowest BCUT2D eigenvalue weighted by Gasteiger charge is -2.37. The third-order valence-corrected chi connectivity index (χ3v) is 2.84. The number of carbonyl (C=O) groups excluding carboxylic acids is 3. The fourth-order valence-electron chi connectivity index (χ4n) is 2.07. The van der Waals surface area contributed by atoms with E-state index in [4.69, 9.17) is 4.74 Å². The SMILES string of the molecule is C=C(C)OC(=O)N1C[C@H]2C[C@@H](C1)C(=O)OC2=O. The first-order chi connectivity index (χ1) is 7.97. The van der Waals surface area contributed by atoms with Crippen LogP contribution in [0, 0.1) is 11.8 Å². The second kappa shape index (κ2) is 4.20. The second-order valence-corrected chi connectivity index (χ2v) is 4.34. The highest BCUT2D eigenvalue weighted by atomic mass is 16.6. The Labute approximate surface area is 98.2 Å². The van der Waals surface area contributed by atoms with Crippen molar-refractivity contribution in [3.05, 3.63) is 12.3 Å². The number of ether oxygens (including phenoxy) is 2. The number of amides is 1. The molecule has 2 bridgehead atoms. The van der Waals surface area contributed by atoms with E-state index >= 15 is 0 Å². The molecule has 2 saturated heterocycles. The molecule has 0 unspecified atom stereocenters. The van der Waals surface area contributed by atoms with Crippen molar-refractivity contribution in [3.8, 4) is 0 Å². The van der Waals surface area contributed by atoms with E-state index in [9.17, 15) is 14.4 Å². The van der Waals surface area contributed by atoms with Gasteiger partial charge in [0, 0.05) is 13.1 Å². The Morgan fingerprint density at radius 2 is 1.88 bits per heavy atom. The largest absolute Gasteiger partial charge is 0.416 e. The molecule has 2 atom stereocenters. The molecule has 0 aliphatic carbocycles. The number of allylic oxidation sites excluding steroid dienone is 1. The summed E-state index contributed by atoms with van der Waals surface area (Å²) in [4.78, 5) is 35.7. The van der Waals surface area contributed by atoms with Crippen LogP contribution in [0.2, 0.25) is 0 Å². The Bertz CT molecular complexity index is 381. The standard InChI is InChI=1S/C11H13NO5/c1-6(2)16-11(15)12-4-7-3-8(5-12)10(14)17-9(7)13/h7-8H,1,3-5H2,2H3/t7-,8+. The van der Waals surface area contributed by atoms with E-state index in [1.165, 1.54) is 4.90 Å². The minimum atomic E-state index is -0.574. The second-order valence-electron chi connectivity index (χ2n) is 4.34. The Hall–Kier alpha value is -1.85. The summed E-state index contributed by atoms with van der Waals surface area (Å²) in [5, 5.41) is 0. The van der Waals surface area contributed by atoms with E-state index in [0.29, 0.717) is 6.42 Å². The van der Waals surface area contributed by atoms with Crippen molar-refractivity contribution in [1.29, 1.82) is 0 Å². The lowest BCUT2D eigenvalue weighted by molar-refractivity contribution is -0.175. The number of piperidine rings is 1. The molecule has 2 fully saturated rings. The van der Waals surface area contributed by atoms with Crippen LogP contribution in [0.3, 0.4) is 0 Å². The normalized spacial score (nSPS) is 27.5. The molecule has 0 aromatic heterocycles. The van der Waals surface area contributed by atoms with Gasteiger partial charge in [-0.15, -0.1) is 0 Å². The summed E-state index contributed by atoms with van der Waals surface area (Å²) in [6.07, 6.45) is -0.121. The average molecular weight is 239 g/mol. The van der Waals surface area contributed by atoms with E-state index in [1.807, 2.05) is 0 Å². The van der Waals surface area contributed by atoms with Crippen LogP contribution in [0.15, 0.2) is 12.3 Å². The van der Waals surface area contributed by atoms with Crippen molar-refractivity contribution in [2.24, 2.45) is 11.8 Å². The maximum Gasteiger partial charge on any atom is 0.414 e. The van der Waals surface area contributed by atoms with Crippen molar-refractivity contribution in [2.45, 2.75) is 13.3 Å². The first kappa shape index (κ1) is 11.6. The molecule has 1 amide bonds. The predicted octanol–water partition coefficient (Wildman–Crippen LogP) is 0.678. The molecule has 0 N–H and O–H groups in total. The Balaban J connectivity index is 2.07. The third-order valence-electron chi connectivity index (χ3n) is 2.84. The van der Waals surface area contributed by atoms with Gasteiger partial charge in [0.05, 0.1) is 17.6 Å². The lowest BCUT2D eigenvalue weighted by Crippen LogP contribution is -2.52. The maximum absolute atomic E-state index is 11.6. The molecule has 92 valence electrons. The molecule has 2 heterocycles. The molecule has 17 heavy (non-hydrogen) atoms. The van der Waals surface area contributed by atoms with Crippen LogP contribution in [-0.2, 0) is 19.1 Å². The van der Waals surface area contributed by atoms with E-state index in [2.05, 4.69) is 11.3 Å². The van der Waals surface area contributed by atoms with Crippen LogP contribution in [0.4, 0.5) is 4.79 Å². The summed E-state index contributed by atoms with van der Waals surface area (Å²) in [6.45, 7) is 5.48.